The highest BCUT2D eigenvalue weighted by molar-refractivity contribution is 7.17. The van der Waals surface area contributed by atoms with E-state index in [1.54, 1.807) is 0 Å². The maximum atomic E-state index is 5.75. The second-order valence-electron chi connectivity index (χ2n) is 5.11. The van der Waals surface area contributed by atoms with Gasteiger partial charge in [-0.05, 0) is 28.8 Å². The molecule has 104 valence electrons. The van der Waals surface area contributed by atoms with Gasteiger partial charge < -0.3 is 0 Å². The topological polar surface area (TPSA) is 38.0 Å². The van der Waals surface area contributed by atoms with Crippen molar-refractivity contribution in [3.63, 3.8) is 0 Å². The van der Waals surface area contributed by atoms with Crippen LogP contribution in [0.25, 0.3) is 10.1 Å². The lowest BCUT2D eigenvalue weighted by Crippen LogP contribution is -2.27. The second kappa shape index (κ2) is 7.63. The molecule has 3 heteroatoms. The molecular weight excluding hydrogens is 252 g/mol. The Morgan fingerprint density at radius 2 is 1.95 bits per heavy atom. The van der Waals surface area contributed by atoms with Crippen molar-refractivity contribution >= 4 is 21.4 Å². The molecule has 1 aromatic carbocycles. The van der Waals surface area contributed by atoms with E-state index >= 15 is 0 Å². The molecule has 1 aromatic heterocycles. The third-order valence-electron chi connectivity index (χ3n) is 3.68. The number of hydrogen-bond donors (Lipinski definition) is 2. The zero-order valence-corrected chi connectivity index (χ0v) is 12.5. The zero-order chi connectivity index (χ0) is 13.5. The molecule has 0 fully saturated rings. The minimum atomic E-state index is 0.290. The molecular formula is C16H24N2S. The first-order chi connectivity index (χ1) is 9.36. The third kappa shape index (κ3) is 3.78. The van der Waals surface area contributed by atoms with Crippen molar-refractivity contribution in [2.75, 3.05) is 0 Å². The summed E-state index contributed by atoms with van der Waals surface area (Å²) in [6.45, 7) is 2.25. The van der Waals surface area contributed by atoms with E-state index in [0.717, 1.165) is 6.42 Å². The molecule has 0 saturated carbocycles. The standard InChI is InChI=1S/C16H24N2S/c1-2-3-4-5-6-10-15(18-17)14-12-19-16-11-8-7-9-13(14)16/h7-9,11-12,15,18H,2-6,10,17H2,1H3. The molecule has 0 radical (unpaired) electrons. The van der Waals surface area contributed by atoms with Gasteiger partial charge in [0, 0.05) is 10.7 Å². The Balaban J connectivity index is 1.97. The van der Waals surface area contributed by atoms with Crippen LogP contribution < -0.4 is 11.3 Å². The largest absolute Gasteiger partial charge is 0.271 e. The Hall–Kier alpha value is -0.900. The van der Waals surface area contributed by atoms with Crippen LogP contribution in [0.1, 0.15) is 57.1 Å². The number of unbranched alkanes of at least 4 members (excludes halogenated alkanes) is 4. The Kier molecular flexibility index (Phi) is 5.83. The molecule has 3 N–H and O–H groups in total. The first kappa shape index (κ1) is 14.5. The molecule has 2 nitrogen and oxygen atoms in total. The quantitative estimate of drug-likeness (QED) is 0.414. The fourth-order valence-corrected chi connectivity index (χ4v) is 3.56. The van der Waals surface area contributed by atoms with Gasteiger partial charge in [-0.1, -0.05) is 57.2 Å². The lowest BCUT2D eigenvalue weighted by atomic mass is 10.00. The number of nitrogens with two attached hydrogens (primary N) is 1. The molecule has 0 bridgehead atoms. The Labute approximate surface area is 120 Å². The van der Waals surface area contributed by atoms with E-state index in [1.807, 2.05) is 11.3 Å². The van der Waals surface area contributed by atoms with Crippen LogP contribution in [0.2, 0.25) is 0 Å². The maximum Gasteiger partial charge on any atom is 0.0474 e. The molecule has 0 amide bonds. The molecule has 0 aliphatic carbocycles. The van der Waals surface area contributed by atoms with Gasteiger partial charge in [0.05, 0.1) is 0 Å². The van der Waals surface area contributed by atoms with Gasteiger partial charge >= 0.3 is 0 Å². The normalized spacial score (nSPS) is 12.9. The Morgan fingerprint density at radius 1 is 1.16 bits per heavy atom. The predicted molar refractivity (Wildman–Crippen MR) is 85.3 cm³/mol. The molecule has 2 aromatic rings. The van der Waals surface area contributed by atoms with E-state index in [9.17, 15) is 0 Å². The number of fused-ring (bicyclic) bond motifs is 1. The van der Waals surface area contributed by atoms with Gasteiger partial charge in [-0.15, -0.1) is 11.3 Å². The molecule has 1 atom stereocenters. The zero-order valence-electron chi connectivity index (χ0n) is 11.7. The summed E-state index contributed by atoms with van der Waals surface area (Å²) < 4.78 is 1.35. The smallest absolute Gasteiger partial charge is 0.0474 e. The van der Waals surface area contributed by atoms with E-state index in [0.29, 0.717) is 0 Å². The van der Waals surface area contributed by atoms with Crippen LogP contribution in [-0.2, 0) is 0 Å². The van der Waals surface area contributed by atoms with E-state index in [-0.39, 0.29) is 6.04 Å². The molecule has 0 spiro atoms. The van der Waals surface area contributed by atoms with Crippen LogP contribution in [0.5, 0.6) is 0 Å². The highest BCUT2D eigenvalue weighted by atomic mass is 32.1. The molecule has 0 aliphatic rings. The molecule has 19 heavy (non-hydrogen) atoms. The monoisotopic (exact) mass is 276 g/mol. The number of rotatable bonds is 8. The van der Waals surface area contributed by atoms with Gasteiger partial charge in [0.2, 0.25) is 0 Å². The SMILES string of the molecule is CCCCCCCC(NN)c1csc2ccccc12. The summed E-state index contributed by atoms with van der Waals surface area (Å²) in [5.41, 5.74) is 4.35. The number of benzene rings is 1. The molecule has 2 rings (SSSR count). The summed E-state index contributed by atoms with van der Waals surface area (Å²) in [6, 6.07) is 8.87. The first-order valence-electron chi connectivity index (χ1n) is 7.29. The summed E-state index contributed by atoms with van der Waals surface area (Å²) in [6.07, 6.45) is 7.68. The van der Waals surface area contributed by atoms with Crippen molar-refractivity contribution in [3.05, 3.63) is 35.2 Å². The minimum absolute atomic E-state index is 0.290. The van der Waals surface area contributed by atoms with Crippen molar-refractivity contribution in [3.8, 4) is 0 Å². The van der Waals surface area contributed by atoms with Crippen LogP contribution >= 0.6 is 11.3 Å². The van der Waals surface area contributed by atoms with Gasteiger partial charge in [0.25, 0.3) is 0 Å². The first-order valence-corrected chi connectivity index (χ1v) is 8.17. The van der Waals surface area contributed by atoms with Crippen LogP contribution in [0.4, 0.5) is 0 Å². The van der Waals surface area contributed by atoms with Gasteiger partial charge in [0.1, 0.15) is 0 Å². The molecule has 0 aliphatic heterocycles. The van der Waals surface area contributed by atoms with E-state index < -0.39 is 0 Å². The number of hydrazine groups is 1. The maximum absolute atomic E-state index is 5.75. The van der Waals surface area contributed by atoms with Gasteiger partial charge in [0.15, 0.2) is 0 Å². The number of hydrogen-bond acceptors (Lipinski definition) is 3. The van der Waals surface area contributed by atoms with Crippen molar-refractivity contribution in [1.29, 1.82) is 0 Å². The minimum Gasteiger partial charge on any atom is -0.271 e. The van der Waals surface area contributed by atoms with Crippen LogP contribution in [0, 0.1) is 0 Å². The Bertz CT molecular complexity index is 492. The number of thiophene rings is 1. The summed E-state index contributed by atoms with van der Waals surface area (Å²) in [4.78, 5) is 0. The predicted octanol–water partition coefficient (Wildman–Crippen LogP) is 4.77. The average Bonchev–Trinajstić information content (AvgIpc) is 2.87. The van der Waals surface area contributed by atoms with Crippen LogP contribution in [0.3, 0.4) is 0 Å². The summed E-state index contributed by atoms with van der Waals surface area (Å²) in [5, 5.41) is 3.60. The number of nitrogens with one attached hydrogen (secondary N) is 1. The lowest BCUT2D eigenvalue weighted by Gasteiger charge is -2.15. The summed E-state index contributed by atoms with van der Waals surface area (Å²) in [5.74, 6) is 5.75. The van der Waals surface area contributed by atoms with Crippen LogP contribution in [-0.4, -0.2) is 0 Å². The Morgan fingerprint density at radius 3 is 2.74 bits per heavy atom. The van der Waals surface area contributed by atoms with Gasteiger partial charge in [-0.2, -0.15) is 0 Å². The fourth-order valence-electron chi connectivity index (χ4n) is 2.55. The summed E-state index contributed by atoms with van der Waals surface area (Å²) in [7, 11) is 0. The second-order valence-corrected chi connectivity index (χ2v) is 6.02. The van der Waals surface area contributed by atoms with Crippen LogP contribution in [0.15, 0.2) is 29.6 Å². The van der Waals surface area contributed by atoms with E-state index in [2.05, 4.69) is 42.0 Å². The highest BCUT2D eigenvalue weighted by Gasteiger charge is 2.13. The van der Waals surface area contributed by atoms with Gasteiger partial charge in [-0.25, -0.2) is 0 Å². The van der Waals surface area contributed by atoms with Crippen molar-refractivity contribution in [2.24, 2.45) is 5.84 Å². The molecule has 0 saturated heterocycles. The van der Waals surface area contributed by atoms with Crippen molar-refractivity contribution in [2.45, 2.75) is 51.5 Å². The van der Waals surface area contributed by atoms with E-state index in [1.165, 1.54) is 47.8 Å². The van der Waals surface area contributed by atoms with Gasteiger partial charge in [-0.3, -0.25) is 11.3 Å². The highest BCUT2D eigenvalue weighted by Crippen LogP contribution is 2.32. The van der Waals surface area contributed by atoms with Crippen molar-refractivity contribution in [1.82, 2.24) is 5.43 Å². The average molecular weight is 276 g/mol. The summed E-state index contributed by atoms with van der Waals surface area (Å²) >= 11 is 1.81. The van der Waals surface area contributed by atoms with Crippen molar-refractivity contribution < 1.29 is 0 Å². The molecule has 1 unspecified atom stereocenters. The lowest BCUT2D eigenvalue weighted by molar-refractivity contribution is 0.482. The fraction of sp³-hybridized carbons (Fsp3) is 0.500. The van der Waals surface area contributed by atoms with E-state index in [4.69, 9.17) is 5.84 Å². The third-order valence-corrected chi connectivity index (χ3v) is 4.67. The molecule has 1 heterocycles.